The fourth-order valence-electron chi connectivity index (χ4n) is 2.32. The minimum atomic E-state index is 0.108. The molecule has 1 aromatic carbocycles. The molecular weight excluding hydrogens is 264 g/mol. The molecule has 0 saturated heterocycles. The maximum atomic E-state index is 11.5. The van der Waals surface area contributed by atoms with Crippen molar-refractivity contribution in [3.05, 3.63) is 33.1 Å². The normalized spacial score (nSPS) is 13.7. The van der Waals surface area contributed by atoms with Crippen molar-refractivity contribution in [2.75, 3.05) is 11.4 Å². The van der Waals surface area contributed by atoms with E-state index in [1.165, 1.54) is 16.9 Å². The lowest BCUT2D eigenvalue weighted by atomic mass is 10.1. The minimum absolute atomic E-state index is 0.108. The smallest absolute Gasteiger partial charge is 0.223 e. The van der Waals surface area contributed by atoms with Crippen molar-refractivity contribution < 1.29 is 4.79 Å². The van der Waals surface area contributed by atoms with Gasteiger partial charge in [0.1, 0.15) is 0 Å². The molecule has 5 heteroatoms. The monoisotopic (exact) mass is 276 g/mol. The summed E-state index contributed by atoms with van der Waals surface area (Å²) in [6, 6.07) is 6.20. The number of thiazole rings is 1. The Hall–Kier alpha value is -1.46. The Morgan fingerprint density at radius 2 is 2.33 bits per heavy atom. The van der Waals surface area contributed by atoms with Crippen molar-refractivity contribution in [1.82, 2.24) is 4.98 Å². The van der Waals surface area contributed by atoms with Gasteiger partial charge in [0.15, 0.2) is 3.95 Å². The predicted octanol–water partition coefficient (Wildman–Crippen LogP) is 3.38. The van der Waals surface area contributed by atoms with Crippen molar-refractivity contribution in [1.29, 1.82) is 0 Å². The lowest BCUT2D eigenvalue weighted by Gasteiger charge is -2.14. The van der Waals surface area contributed by atoms with Crippen LogP contribution in [0.25, 0.3) is 11.3 Å². The molecule has 2 heterocycles. The van der Waals surface area contributed by atoms with Crippen LogP contribution in [0, 0.1) is 3.95 Å². The summed E-state index contributed by atoms with van der Waals surface area (Å²) < 4.78 is 0.788. The third-order valence-corrected chi connectivity index (χ3v) is 4.25. The Labute approximate surface area is 114 Å². The van der Waals surface area contributed by atoms with Gasteiger partial charge in [0, 0.05) is 24.5 Å². The largest absolute Gasteiger partial charge is 0.337 e. The van der Waals surface area contributed by atoms with Crippen LogP contribution in [0.2, 0.25) is 0 Å². The number of nitrogens with zero attached hydrogens (tertiary/aromatic N) is 1. The summed E-state index contributed by atoms with van der Waals surface area (Å²) in [5.41, 5.74) is 4.45. The Balaban J connectivity index is 2.03. The number of anilines is 1. The van der Waals surface area contributed by atoms with E-state index in [2.05, 4.69) is 11.1 Å². The molecule has 0 spiro atoms. The second-order valence-electron chi connectivity index (χ2n) is 4.33. The van der Waals surface area contributed by atoms with E-state index < -0.39 is 0 Å². The van der Waals surface area contributed by atoms with Crippen LogP contribution in [0.15, 0.2) is 23.6 Å². The van der Waals surface area contributed by atoms with Gasteiger partial charge in [-0.3, -0.25) is 4.79 Å². The molecule has 1 N–H and O–H groups in total. The van der Waals surface area contributed by atoms with Crippen molar-refractivity contribution in [2.45, 2.75) is 13.3 Å². The van der Waals surface area contributed by atoms with Crippen LogP contribution in [0.3, 0.4) is 0 Å². The first-order chi connectivity index (χ1) is 8.65. The highest BCUT2D eigenvalue weighted by atomic mass is 32.1. The number of amides is 1. The second kappa shape index (κ2) is 4.33. The molecule has 0 radical (unpaired) electrons. The third-order valence-electron chi connectivity index (χ3n) is 3.19. The lowest BCUT2D eigenvalue weighted by molar-refractivity contribution is -0.116. The summed E-state index contributed by atoms with van der Waals surface area (Å²) in [5, 5.41) is 2.03. The molecule has 1 aliphatic rings. The molecule has 1 amide bonds. The van der Waals surface area contributed by atoms with Gasteiger partial charge in [-0.05, 0) is 41.9 Å². The maximum absolute atomic E-state index is 11.5. The summed E-state index contributed by atoms with van der Waals surface area (Å²) in [6.45, 7) is 2.40. The number of carbonyl (C=O) groups is 1. The number of hydrogen-bond acceptors (Lipinski definition) is 3. The number of benzene rings is 1. The molecule has 3 rings (SSSR count). The Kier molecular flexibility index (Phi) is 2.80. The maximum Gasteiger partial charge on any atom is 0.223 e. The third kappa shape index (κ3) is 1.89. The first-order valence-electron chi connectivity index (χ1n) is 5.74. The number of fused-ring (bicyclic) bond motifs is 1. The number of aromatic amines is 1. The zero-order chi connectivity index (χ0) is 12.7. The van der Waals surface area contributed by atoms with Crippen molar-refractivity contribution in [3.63, 3.8) is 0 Å². The van der Waals surface area contributed by atoms with Crippen molar-refractivity contribution >= 4 is 35.1 Å². The second-order valence-corrected chi connectivity index (χ2v) is 5.87. The zero-order valence-electron chi connectivity index (χ0n) is 9.90. The first kappa shape index (κ1) is 11.6. The van der Waals surface area contributed by atoms with Gasteiger partial charge in [-0.2, -0.15) is 0 Å². The van der Waals surface area contributed by atoms with Crippen LogP contribution in [-0.2, 0) is 11.2 Å². The zero-order valence-corrected chi connectivity index (χ0v) is 11.5. The summed E-state index contributed by atoms with van der Waals surface area (Å²) in [5.74, 6) is 0.108. The molecule has 18 heavy (non-hydrogen) atoms. The lowest BCUT2D eigenvalue weighted by Crippen LogP contribution is -2.25. The molecule has 2 aromatic rings. The number of carbonyl (C=O) groups excluding carboxylic acids is 1. The van der Waals surface area contributed by atoms with Crippen LogP contribution in [-0.4, -0.2) is 17.4 Å². The van der Waals surface area contributed by atoms with E-state index in [-0.39, 0.29) is 5.91 Å². The standard InChI is InChI=1S/C13H12N2OS2/c1-8(16)15-5-4-10-6-9(2-3-12(10)15)11-7-18-13(17)14-11/h2-3,6-7H,4-5H2,1H3,(H,14,17). The highest BCUT2D eigenvalue weighted by molar-refractivity contribution is 7.73. The van der Waals surface area contributed by atoms with Gasteiger partial charge >= 0.3 is 0 Å². The van der Waals surface area contributed by atoms with Crippen LogP contribution in [0.4, 0.5) is 5.69 Å². The Morgan fingerprint density at radius 3 is 3.00 bits per heavy atom. The molecule has 0 saturated carbocycles. The highest BCUT2D eigenvalue weighted by Crippen LogP contribution is 2.32. The molecule has 0 atom stereocenters. The molecule has 0 aliphatic carbocycles. The van der Waals surface area contributed by atoms with Gasteiger partial charge in [0.2, 0.25) is 5.91 Å². The fourth-order valence-corrected chi connectivity index (χ4v) is 3.16. The molecular formula is C13H12N2OS2. The summed E-state index contributed by atoms with van der Waals surface area (Å²) in [6.07, 6.45) is 0.924. The number of rotatable bonds is 1. The molecule has 1 aromatic heterocycles. The fraction of sp³-hybridized carbons (Fsp3) is 0.231. The SMILES string of the molecule is CC(=O)N1CCc2cc(-c3csc(=S)[nH]3)ccc21. The average molecular weight is 276 g/mol. The van der Waals surface area contributed by atoms with Gasteiger partial charge in [-0.1, -0.05) is 6.07 Å². The molecule has 1 aliphatic heterocycles. The summed E-state index contributed by atoms with van der Waals surface area (Å²) in [7, 11) is 0. The predicted molar refractivity (Wildman–Crippen MR) is 76.7 cm³/mol. The van der Waals surface area contributed by atoms with E-state index in [0.717, 1.165) is 33.9 Å². The Morgan fingerprint density at radius 1 is 1.50 bits per heavy atom. The number of nitrogens with one attached hydrogen (secondary N) is 1. The van der Waals surface area contributed by atoms with Gasteiger partial charge < -0.3 is 9.88 Å². The van der Waals surface area contributed by atoms with Crippen LogP contribution < -0.4 is 4.90 Å². The first-order valence-corrected chi connectivity index (χ1v) is 7.03. The number of aromatic nitrogens is 1. The minimum Gasteiger partial charge on any atom is -0.337 e. The van der Waals surface area contributed by atoms with E-state index in [4.69, 9.17) is 12.2 Å². The number of hydrogen-bond donors (Lipinski definition) is 1. The van der Waals surface area contributed by atoms with Crippen LogP contribution in [0.1, 0.15) is 12.5 Å². The summed E-state index contributed by atoms with van der Waals surface area (Å²) >= 11 is 6.63. The van der Waals surface area contributed by atoms with E-state index in [1.54, 1.807) is 6.92 Å². The molecule has 92 valence electrons. The van der Waals surface area contributed by atoms with E-state index >= 15 is 0 Å². The van der Waals surface area contributed by atoms with Crippen molar-refractivity contribution in [2.24, 2.45) is 0 Å². The average Bonchev–Trinajstić information content (AvgIpc) is 2.93. The number of H-pyrrole nitrogens is 1. The molecule has 0 fully saturated rings. The molecule has 3 nitrogen and oxygen atoms in total. The quantitative estimate of drug-likeness (QED) is 0.811. The van der Waals surface area contributed by atoms with E-state index in [9.17, 15) is 4.79 Å². The van der Waals surface area contributed by atoms with Gasteiger partial charge in [0.25, 0.3) is 0 Å². The van der Waals surface area contributed by atoms with Crippen LogP contribution in [0.5, 0.6) is 0 Å². The highest BCUT2D eigenvalue weighted by Gasteiger charge is 2.22. The summed E-state index contributed by atoms with van der Waals surface area (Å²) in [4.78, 5) is 16.5. The van der Waals surface area contributed by atoms with Gasteiger partial charge in [-0.15, -0.1) is 11.3 Å². The van der Waals surface area contributed by atoms with E-state index in [0.29, 0.717) is 0 Å². The van der Waals surface area contributed by atoms with E-state index in [1.807, 2.05) is 22.4 Å². The Bertz CT molecular complexity index is 672. The van der Waals surface area contributed by atoms with Gasteiger partial charge in [0.05, 0.1) is 5.69 Å². The molecule has 0 unspecified atom stereocenters. The van der Waals surface area contributed by atoms with Gasteiger partial charge in [-0.25, -0.2) is 0 Å². The van der Waals surface area contributed by atoms with Crippen LogP contribution >= 0.6 is 23.6 Å². The molecule has 0 bridgehead atoms. The topological polar surface area (TPSA) is 36.1 Å². The van der Waals surface area contributed by atoms with Crippen molar-refractivity contribution in [3.8, 4) is 11.3 Å².